The molecule has 1 atom stereocenters. The molecule has 3 N–H and O–H groups in total. The average molecular weight is 313 g/mol. The predicted octanol–water partition coefficient (Wildman–Crippen LogP) is 2.29. The van der Waals surface area contributed by atoms with Crippen LogP contribution in [0.25, 0.3) is 0 Å². The fourth-order valence-corrected chi connectivity index (χ4v) is 2.47. The number of hydrogen-bond donors (Lipinski definition) is 2. The van der Waals surface area contributed by atoms with Gasteiger partial charge in [0.05, 0.1) is 5.54 Å². The van der Waals surface area contributed by atoms with Crippen molar-refractivity contribution in [2.75, 3.05) is 13.2 Å². The van der Waals surface area contributed by atoms with Crippen molar-refractivity contribution >= 4 is 18.3 Å². The van der Waals surface area contributed by atoms with Crippen LogP contribution >= 0.6 is 12.4 Å². The molecule has 21 heavy (non-hydrogen) atoms. The molecule has 1 amide bonds. The van der Waals surface area contributed by atoms with Gasteiger partial charge in [0, 0.05) is 6.54 Å². The summed E-state index contributed by atoms with van der Waals surface area (Å²) < 4.78 is 5.63. The Labute approximate surface area is 132 Å². The van der Waals surface area contributed by atoms with Crippen molar-refractivity contribution in [2.45, 2.75) is 38.6 Å². The lowest BCUT2D eigenvalue weighted by atomic mass is 9.96. The van der Waals surface area contributed by atoms with Gasteiger partial charge in [0.2, 0.25) is 0 Å². The van der Waals surface area contributed by atoms with Gasteiger partial charge in [-0.3, -0.25) is 4.79 Å². The largest absolute Gasteiger partial charge is 0.483 e. The highest BCUT2D eigenvalue weighted by Gasteiger charge is 2.41. The van der Waals surface area contributed by atoms with Crippen LogP contribution in [0.4, 0.5) is 0 Å². The van der Waals surface area contributed by atoms with E-state index in [4.69, 9.17) is 10.5 Å². The minimum absolute atomic E-state index is 0. The number of carbonyl (C=O) groups is 1. The molecule has 4 nitrogen and oxygen atoms in total. The lowest BCUT2D eigenvalue weighted by molar-refractivity contribution is -0.125. The lowest BCUT2D eigenvalue weighted by Crippen LogP contribution is -2.54. The second-order valence-corrected chi connectivity index (χ2v) is 5.69. The Morgan fingerprint density at radius 3 is 2.67 bits per heavy atom. The number of nitrogens with two attached hydrogens (primary N) is 1. The van der Waals surface area contributed by atoms with Crippen LogP contribution in [0.1, 0.15) is 32.3 Å². The number of amides is 1. The second-order valence-electron chi connectivity index (χ2n) is 5.69. The van der Waals surface area contributed by atoms with Crippen molar-refractivity contribution in [2.24, 2.45) is 11.7 Å². The molecule has 1 unspecified atom stereocenters. The molecular weight excluding hydrogens is 288 g/mol. The molecule has 0 aromatic heterocycles. The van der Waals surface area contributed by atoms with E-state index in [9.17, 15) is 4.79 Å². The van der Waals surface area contributed by atoms with Crippen LogP contribution < -0.4 is 15.8 Å². The summed E-state index contributed by atoms with van der Waals surface area (Å²) in [5.74, 6) is 1.20. The zero-order valence-corrected chi connectivity index (χ0v) is 13.5. The molecular formula is C16H25ClN2O2. The topological polar surface area (TPSA) is 64.3 Å². The van der Waals surface area contributed by atoms with Crippen LogP contribution in [0.2, 0.25) is 0 Å². The van der Waals surface area contributed by atoms with E-state index in [-0.39, 0.29) is 30.5 Å². The standard InChI is InChI=1S/C16H24N2O2.ClH/c1-3-12-6-4-5-7-14(12)20-10-15(19)18-16(2,11-17)13-8-9-13;/h4-7,13H,3,8-11,17H2,1-2H3,(H,18,19);1H. The van der Waals surface area contributed by atoms with Crippen molar-refractivity contribution in [3.8, 4) is 5.75 Å². The fraction of sp³-hybridized carbons (Fsp3) is 0.562. The highest BCUT2D eigenvalue weighted by Crippen LogP contribution is 2.38. The number of halogens is 1. The van der Waals surface area contributed by atoms with Gasteiger partial charge in [0.25, 0.3) is 5.91 Å². The third-order valence-electron chi connectivity index (χ3n) is 4.04. The Morgan fingerprint density at radius 1 is 1.43 bits per heavy atom. The molecule has 0 aliphatic heterocycles. The van der Waals surface area contributed by atoms with E-state index in [0.717, 1.165) is 30.6 Å². The number of rotatable bonds is 7. The van der Waals surface area contributed by atoms with E-state index in [0.29, 0.717) is 12.5 Å². The molecule has 0 bridgehead atoms. The van der Waals surface area contributed by atoms with Crippen molar-refractivity contribution in [1.29, 1.82) is 0 Å². The fourth-order valence-electron chi connectivity index (χ4n) is 2.47. The molecule has 1 aliphatic carbocycles. The highest BCUT2D eigenvalue weighted by molar-refractivity contribution is 5.85. The SMILES string of the molecule is CCc1ccccc1OCC(=O)NC(C)(CN)C1CC1.Cl. The Bertz CT molecular complexity index is 477. The third kappa shape index (κ3) is 4.61. The van der Waals surface area contributed by atoms with Gasteiger partial charge in [0.15, 0.2) is 6.61 Å². The van der Waals surface area contributed by atoms with Crippen molar-refractivity contribution < 1.29 is 9.53 Å². The van der Waals surface area contributed by atoms with Gasteiger partial charge in [0.1, 0.15) is 5.75 Å². The van der Waals surface area contributed by atoms with Gasteiger partial charge in [-0.25, -0.2) is 0 Å². The number of aryl methyl sites for hydroxylation is 1. The summed E-state index contributed by atoms with van der Waals surface area (Å²) in [6, 6.07) is 7.81. The minimum Gasteiger partial charge on any atom is -0.483 e. The van der Waals surface area contributed by atoms with E-state index < -0.39 is 0 Å². The molecule has 5 heteroatoms. The lowest BCUT2D eigenvalue weighted by Gasteiger charge is -2.29. The number of para-hydroxylation sites is 1. The summed E-state index contributed by atoms with van der Waals surface area (Å²) in [5.41, 5.74) is 6.62. The third-order valence-corrected chi connectivity index (χ3v) is 4.04. The summed E-state index contributed by atoms with van der Waals surface area (Å²) in [4.78, 5) is 12.0. The van der Waals surface area contributed by atoms with Crippen LogP contribution in [0, 0.1) is 5.92 Å². The molecule has 0 spiro atoms. The summed E-state index contributed by atoms with van der Waals surface area (Å²) in [6.45, 7) is 4.59. The zero-order valence-electron chi connectivity index (χ0n) is 12.7. The molecule has 2 rings (SSSR count). The summed E-state index contributed by atoms with van der Waals surface area (Å²) in [7, 11) is 0. The van der Waals surface area contributed by atoms with Crippen molar-refractivity contribution in [3.63, 3.8) is 0 Å². The van der Waals surface area contributed by atoms with Gasteiger partial charge in [-0.05, 0) is 43.7 Å². The van der Waals surface area contributed by atoms with E-state index in [2.05, 4.69) is 12.2 Å². The zero-order chi connectivity index (χ0) is 14.6. The molecule has 1 saturated carbocycles. The van der Waals surface area contributed by atoms with E-state index in [1.165, 1.54) is 0 Å². The van der Waals surface area contributed by atoms with Gasteiger partial charge < -0.3 is 15.8 Å². The molecule has 0 saturated heterocycles. The molecule has 118 valence electrons. The second kappa shape index (κ2) is 7.66. The molecule has 0 radical (unpaired) electrons. The molecule has 0 heterocycles. The summed E-state index contributed by atoms with van der Waals surface area (Å²) in [6.07, 6.45) is 3.18. The first kappa shape index (κ1) is 17.8. The maximum atomic E-state index is 12.0. The number of carbonyl (C=O) groups excluding carboxylic acids is 1. The molecule has 1 aliphatic rings. The number of nitrogens with one attached hydrogen (secondary N) is 1. The average Bonchev–Trinajstić information content (AvgIpc) is 3.30. The van der Waals surface area contributed by atoms with E-state index in [1.54, 1.807) is 0 Å². The smallest absolute Gasteiger partial charge is 0.258 e. The van der Waals surface area contributed by atoms with Crippen LogP contribution in [0.3, 0.4) is 0 Å². The van der Waals surface area contributed by atoms with Gasteiger partial charge in [-0.1, -0.05) is 25.1 Å². The Morgan fingerprint density at radius 2 is 2.10 bits per heavy atom. The highest BCUT2D eigenvalue weighted by atomic mass is 35.5. The Hall–Kier alpha value is -1.26. The van der Waals surface area contributed by atoms with E-state index in [1.807, 2.05) is 31.2 Å². The quantitative estimate of drug-likeness (QED) is 0.812. The number of ether oxygens (including phenoxy) is 1. The molecule has 1 aromatic carbocycles. The number of hydrogen-bond acceptors (Lipinski definition) is 3. The van der Waals surface area contributed by atoms with Crippen LogP contribution in [-0.2, 0) is 11.2 Å². The molecule has 1 aromatic rings. The Kier molecular flexibility index (Phi) is 6.49. The first-order valence-corrected chi connectivity index (χ1v) is 7.31. The van der Waals surface area contributed by atoms with Crippen LogP contribution in [0.15, 0.2) is 24.3 Å². The summed E-state index contributed by atoms with van der Waals surface area (Å²) >= 11 is 0. The van der Waals surface area contributed by atoms with Gasteiger partial charge in [-0.15, -0.1) is 12.4 Å². The van der Waals surface area contributed by atoms with Crippen molar-refractivity contribution in [3.05, 3.63) is 29.8 Å². The Balaban J connectivity index is 0.00000220. The predicted molar refractivity (Wildman–Crippen MR) is 86.9 cm³/mol. The maximum absolute atomic E-state index is 12.0. The first-order chi connectivity index (χ1) is 9.59. The van der Waals surface area contributed by atoms with Crippen LogP contribution in [-0.4, -0.2) is 24.6 Å². The van der Waals surface area contributed by atoms with Crippen molar-refractivity contribution in [1.82, 2.24) is 5.32 Å². The number of benzene rings is 1. The molecule has 1 fully saturated rings. The maximum Gasteiger partial charge on any atom is 0.258 e. The normalized spacial score (nSPS) is 16.5. The summed E-state index contributed by atoms with van der Waals surface area (Å²) in [5, 5.41) is 3.02. The minimum atomic E-state index is -0.287. The van der Waals surface area contributed by atoms with Crippen LogP contribution in [0.5, 0.6) is 5.75 Å². The van der Waals surface area contributed by atoms with E-state index >= 15 is 0 Å². The van der Waals surface area contributed by atoms with Gasteiger partial charge in [-0.2, -0.15) is 0 Å². The first-order valence-electron chi connectivity index (χ1n) is 7.31. The van der Waals surface area contributed by atoms with Gasteiger partial charge >= 0.3 is 0 Å². The monoisotopic (exact) mass is 312 g/mol.